The van der Waals surface area contributed by atoms with Gasteiger partial charge >= 0.3 is 0 Å². The van der Waals surface area contributed by atoms with Gasteiger partial charge in [0, 0.05) is 35.2 Å². The zero-order chi connectivity index (χ0) is 26.5. The second kappa shape index (κ2) is 11.3. The van der Waals surface area contributed by atoms with Crippen LogP contribution in [0.4, 0.5) is 0 Å². The second-order valence-electron chi connectivity index (χ2n) is 9.13. The van der Waals surface area contributed by atoms with Crippen molar-refractivity contribution >= 4 is 38.2 Å². The Kier molecular flexibility index (Phi) is 7.63. The number of fused-ring (bicyclic) bond motifs is 1. The molecule has 38 heavy (non-hydrogen) atoms. The monoisotopic (exact) mass is 542 g/mol. The molecule has 7 heteroatoms. The molecule has 0 unspecified atom stereocenters. The lowest BCUT2D eigenvalue weighted by molar-refractivity contribution is -0.132. The van der Waals surface area contributed by atoms with E-state index in [4.69, 9.17) is 11.6 Å². The van der Waals surface area contributed by atoms with Crippen LogP contribution in [0, 0.1) is 0 Å². The molecule has 0 spiro atoms. The second-order valence-corrected chi connectivity index (χ2v) is 11.5. The molecular weight excluding hydrogens is 516 g/mol. The average Bonchev–Trinajstić information content (AvgIpc) is 3.31. The number of nitrogens with zero attached hydrogens (tertiary/aromatic N) is 2. The van der Waals surface area contributed by atoms with E-state index in [1.807, 2.05) is 65.6 Å². The lowest BCUT2D eigenvalue weighted by Gasteiger charge is -2.23. The molecule has 0 saturated heterocycles. The summed E-state index contributed by atoms with van der Waals surface area (Å²) in [6.45, 7) is 1.05. The van der Waals surface area contributed by atoms with Crippen LogP contribution in [0.1, 0.15) is 11.1 Å². The van der Waals surface area contributed by atoms with Crippen molar-refractivity contribution in [2.24, 2.45) is 0 Å². The van der Waals surface area contributed by atoms with E-state index >= 15 is 0 Å². The van der Waals surface area contributed by atoms with E-state index in [1.54, 1.807) is 35.0 Å². The van der Waals surface area contributed by atoms with Gasteiger partial charge < -0.3 is 9.47 Å². The number of rotatable bonds is 9. The normalized spacial score (nSPS) is 11.5. The molecule has 0 saturated carbocycles. The highest BCUT2D eigenvalue weighted by atomic mass is 35.5. The van der Waals surface area contributed by atoms with Gasteiger partial charge in [0.25, 0.3) is 0 Å². The summed E-state index contributed by atoms with van der Waals surface area (Å²) in [5.74, 6) is -0.0824. The number of benzene rings is 4. The number of carbonyl (C=O) groups excluding carboxylic acids is 1. The van der Waals surface area contributed by atoms with Crippen molar-refractivity contribution in [3.8, 4) is 0 Å². The number of para-hydroxylation sites is 1. The van der Waals surface area contributed by atoms with Crippen LogP contribution in [0.25, 0.3) is 10.9 Å². The van der Waals surface area contributed by atoms with Crippen molar-refractivity contribution in [3.05, 3.63) is 132 Å². The zero-order valence-electron chi connectivity index (χ0n) is 20.7. The summed E-state index contributed by atoms with van der Waals surface area (Å²) < 4.78 is 28.8. The Hall–Kier alpha value is -3.87. The van der Waals surface area contributed by atoms with Gasteiger partial charge in [0.1, 0.15) is 6.54 Å². The van der Waals surface area contributed by atoms with Crippen LogP contribution in [0.5, 0.6) is 0 Å². The molecule has 0 radical (unpaired) electrons. The van der Waals surface area contributed by atoms with Gasteiger partial charge in [-0.05, 0) is 47.9 Å². The number of halogens is 1. The van der Waals surface area contributed by atoms with E-state index < -0.39 is 9.84 Å². The molecule has 0 aliphatic rings. The van der Waals surface area contributed by atoms with Crippen LogP contribution in [0.3, 0.4) is 0 Å². The molecule has 4 aromatic carbocycles. The lowest BCUT2D eigenvalue weighted by atomic mass is 10.1. The maximum absolute atomic E-state index is 13.7. The fourth-order valence-electron chi connectivity index (χ4n) is 4.55. The van der Waals surface area contributed by atoms with Gasteiger partial charge in [0.05, 0.1) is 9.79 Å². The number of sulfone groups is 1. The maximum atomic E-state index is 13.7. The number of hydrogen-bond acceptors (Lipinski definition) is 3. The third-order valence-electron chi connectivity index (χ3n) is 6.55. The molecule has 5 aromatic rings. The molecule has 1 aromatic heterocycles. The molecule has 5 nitrogen and oxygen atoms in total. The van der Waals surface area contributed by atoms with Crippen molar-refractivity contribution in [1.82, 2.24) is 9.47 Å². The van der Waals surface area contributed by atoms with Crippen LogP contribution < -0.4 is 0 Å². The Morgan fingerprint density at radius 1 is 0.763 bits per heavy atom. The third kappa shape index (κ3) is 5.67. The summed E-state index contributed by atoms with van der Waals surface area (Å²) in [6.07, 6.45) is 2.30. The summed E-state index contributed by atoms with van der Waals surface area (Å²) in [6, 6.07) is 33.3. The highest BCUT2D eigenvalue weighted by Crippen LogP contribution is 2.31. The fourth-order valence-corrected chi connectivity index (χ4v) is 6.15. The molecule has 0 aliphatic carbocycles. The van der Waals surface area contributed by atoms with Crippen LogP contribution in [-0.4, -0.2) is 30.3 Å². The van der Waals surface area contributed by atoms with Gasteiger partial charge in [0.15, 0.2) is 0 Å². The Labute approximate surface area is 227 Å². The van der Waals surface area contributed by atoms with Crippen molar-refractivity contribution in [1.29, 1.82) is 0 Å². The number of carbonyl (C=O) groups is 1. The van der Waals surface area contributed by atoms with Gasteiger partial charge in [-0.2, -0.15) is 0 Å². The SMILES string of the molecule is O=C(Cn1cc(S(=O)(=O)c2ccc(Cl)cc2)c2ccccc21)N(CCc1ccccc1)Cc1ccccc1. The highest BCUT2D eigenvalue weighted by Gasteiger charge is 2.25. The number of hydrogen-bond donors (Lipinski definition) is 0. The van der Waals surface area contributed by atoms with Crippen LogP contribution in [-0.2, 0) is 34.1 Å². The first-order valence-corrected chi connectivity index (χ1v) is 14.2. The van der Waals surface area contributed by atoms with Crippen molar-refractivity contribution in [2.45, 2.75) is 29.3 Å². The van der Waals surface area contributed by atoms with Crippen molar-refractivity contribution in [3.63, 3.8) is 0 Å². The first kappa shape index (κ1) is 25.8. The van der Waals surface area contributed by atoms with Crippen molar-refractivity contribution in [2.75, 3.05) is 6.54 Å². The molecule has 5 rings (SSSR count). The average molecular weight is 543 g/mol. The Balaban J connectivity index is 1.46. The Morgan fingerprint density at radius 3 is 2.05 bits per heavy atom. The molecule has 1 heterocycles. The lowest BCUT2D eigenvalue weighted by Crippen LogP contribution is -2.35. The minimum Gasteiger partial charge on any atom is -0.337 e. The largest absolute Gasteiger partial charge is 0.337 e. The van der Waals surface area contributed by atoms with E-state index in [0.717, 1.165) is 17.5 Å². The number of amides is 1. The van der Waals surface area contributed by atoms with Gasteiger partial charge in [-0.15, -0.1) is 0 Å². The molecule has 1 amide bonds. The summed E-state index contributed by atoms with van der Waals surface area (Å²) in [5.41, 5.74) is 2.88. The predicted octanol–water partition coefficient (Wildman–Crippen LogP) is 6.40. The van der Waals surface area contributed by atoms with E-state index in [1.165, 1.54) is 12.1 Å². The minimum atomic E-state index is -3.82. The quantitative estimate of drug-likeness (QED) is 0.216. The minimum absolute atomic E-state index is 0.0261. The Morgan fingerprint density at radius 2 is 1.37 bits per heavy atom. The van der Waals surface area contributed by atoms with Crippen LogP contribution in [0.15, 0.2) is 125 Å². The molecular formula is C31H27ClN2O3S. The predicted molar refractivity (Wildman–Crippen MR) is 151 cm³/mol. The van der Waals surface area contributed by atoms with E-state index in [-0.39, 0.29) is 22.2 Å². The molecule has 0 aliphatic heterocycles. The topological polar surface area (TPSA) is 59.4 Å². The van der Waals surface area contributed by atoms with Gasteiger partial charge in [-0.25, -0.2) is 8.42 Å². The molecule has 0 bridgehead atoms. The summed E-state index contributed by atoms with van der Waals surface area (Å²) in [7, 11) is -3.82. The fraction of sp³-hybridized carbons (Fsp3) is 0.129. The van der Waals surface area contributed by atoms with E-state index in [9.17, 15) is 13.2 Å². The van der Waals surface area contributed by atoms with Crippen LogP contribution >= 0.6 is 11.6 Å². The molecule has 0 atom stereocenters. The van der Waals surface area contributed by atoms with E-state index in [0.29, 0.717) is 29.0 Å². The van der Waals surface area contributed by atoms with Gasteiger partial charge in [0.2, 0.25) is 15.7 Å². The summed E-state index contributed by atoms with van der Waals surface area (Å²) >= 11 is 5.98. The summed E-state index contributed by atoms with van der Waals surface area (Å²) in [5, 5.41) is 1.04. The van der Waals surface area contributed by atoms with Gasteiger partial charge in [-0.1, -0.05) is 90.5 Å². The first-order chi connectivity index (χ1) is 18.4. The van der Waals surface area contributed by atoms with Crippen molar-refractivity contribution < 1.29 is 13.2 Å². The van der Waals surface area contributed by atoms with Gasteiger partial charge in [-0.3, -0.25) is 4.79 Å². The standard InChI is InChI=1S/C31H27ClN2O3S/c32-26-15-17-27(18-16-26)38(36,37)30-22-34(29-14-8-7-13-28(29)30)23-31(35)33(21-25-11-5-2-6-12-25)20-19-24-9-3-1-4-10-24/h1-18,22H,19-21,23H2. The van der Waals surface area contributed by atoms with E-state index in [2.05, 4.69) is 12.1 Å². The third-order valence-corrected chi connectivity index (χ3v) is 8.60. The summed E-state index contributed by atoms with van der Waals surface area (Å²) in [4.78, 5) is 15.9. The molecule has 192 valence electrons. The number of aromatic nitrogens is 1. The maximum Gasteiger partial charge on any atom is 0.242 e. The Bertz CT molecular complexity index is 1650. The molecule has 0 fully saturated rings. The first-order valence-electron chi connectivity index (χ1n) is 12.4. The molecule has 0 N–H and O–H groups in total. The highest BCUT2D eigenvalue weighted by molar-refractivity contribution is 7.91. The zero-order valence-corrected chi connectivity index (χ0v) is 22.3. The smallest absolute Gasteiger partial charge is 0.242 e. The van der Waals surface area contributed by atoms with Crippen LogP contribution in [0.2, 0.25) is 5.02 Å².